The monoisotopic (exact) mass is 533 g/mol. The lowest BCUT2D eigenvalue weighted by Crippen LogP contribution is -2.23. The number of thiophene rings is 1. The van der Waals surface area contributed by atoms with E-state index in [1.807, 2.05) is 17.5 Å². The average molecular weight is 534 g/mol. The Morgan fingerprint density at radius 1 is 1.24 bits per heavy atom. The molecule has 0 aliphatic carbocycles. The van der Waals surface area contributed by atoms with Gasteiger partial charge in [-0.2, -0.15) is 4.68 Å². The lowest BCUT2D eigenvalue weighted by Gasteiger charge is -2.15. The van der Waals surface area contributed by atoms with Crippen molar-refractivity contribution in [3.8, 4) is 28.1 Å². The first-order valence-electron chi connectivity index (χ1n) is 11.6. The number of halogens is 1. The summed E-state index contributed by atoms with van der Waals surface area (Å²) < 4.78 is 8.41. The fourth-order valence-electron chi connectivity index (χ4n) is 4.66. The smallest absolute Gasteiger partial charge is 0.348 e. The fourth-order valence-corrected chi connectivity index (χ4v) is 5.63. The number of benzene rings is 1. The Balaban J connectivity index is 1.33. The van der Waals surface area contributed by atoms with Gasteiger partial charge in [0.05, 0.1) is 30.2 Å². The Kier molecular flexibility index (Phi) is 5.93. The van der Waals surface area contributed by atoms with Gasteiger partial charge in [-0.05, 0) is 66.1 Å². The quantitative estimate of drug-likeness (QED) is 0.323. The van der Waals surface area contributed by atoms with Gasteiger partial charge in [-0.3, -0.25) is 4.79 Å². The molecule has 10 nitrogen and oxygen atoms in total. The molecule has 1 aliphatic rings. The molecule has 37 heavy (non-hydrogen) atoms. The number of fused-ring (bicyclic) bond motifs is 1. The van der Waals surface area contributed by atoms with Crippen LogP contribution in [0, 0.1) is 0 Å². The summed E-state index contributed by atoms with van der Waals surface area (Å²) in [6, 6.07) is 10.6. The summed E-state index contributed by atoms with van der Waals surface area (Å²) in [5, 5.41) is 13.9. The molecule has 0 radical (unpaired) electrons. The van der Waals surface area contributed by atoms with Crippen LogP contribution >= 0.6 is 22.9 Å². The molecule has 1 N–H and O–H groups in total. The maximum Gasteiger partial charge on any atom is 0.348 e. The van der Waals surface area contributed by atoms with E-state index in [1.165, 1.54) is 17.7 Å². The molecule has 5 heterocycles. The SMILES string of the molecule is CCOC(=O)c1cc(-c2cnc([C@@H]3CCc4cc(-c5cc(Cl)ccc5-n5cnnn5)cc(=O)n43)[nH]2)cs1. The van der Waals surface area contributed by atoms with Crippen molar-refractivity contribution < 1.29 is 9.53 Å². The summed E-state index contributed by atoms with van der Waals surface area (Å²) in [6.45, 7) is 2.11. The van der Waals surface area contributed by atoms with Gasteiger partial charge < -0.3 is 14.3 Å². The maximum absolute atomic E-state index is 13.4. The van der Waals surface area contributed by atoms with Crippen molar-refractivity contribution in [2.24, 2.45) is 0 Å². The minimum atomic E-state index is -0.339. The highest BCUT2D eigenvalue weighted by atomic mass is 35.5. The van der Waals surface area contributed by atoms with Crippen molar-refractivity contribution in [2.75, 3.05) is 6.61 Å². The minimum Gasteiger partial charge on any atom is -0.462 e. The molecule has 4 aromatic heterocycles. The van der Waals surface area contributed by atoms with Crippen LogP contribution in [0.25, 0.3) is 28.1 Å². The van der Waals surface area contributed by atoms with Crippen LogP contribution in [0.1, 0.15) is 40.6 Å². The molecular formula is C25H20ClN7O3S. The molecule has 1 atom stereocenters. The lowest BCUT2D eigenvalue weighted by atomic mass is 10.0. The highest BCUT2D eigenvalue weighted by Gasteiger charge is 2.28. The second-order valence-corrected chi connectivity index (χ2v) is 9.86. The molecule has 0 unspecified atom stereocenters. The number of pyridine rings is 1. The third-order valence-corrected chi connectivity index (χ3v) is 7.44. The standard InChI is InChI=1S/C25H20ClN7O3S/c1-2-36-25(35)22-8-15(12-37-22)19-11-27-24(29-19)21-6-4-17-7-14(9-23(34)33(17)21)18-10-16(26)3-5-20(18)32-13-28-30-31-32/h3,5,7-13,21H,2,4,6H2,1H3,(H,27,29)/t21-/m0/s1. The maximum atomic E-state index is 13.4. The van der Waals surface area contributed by atoms with Crippen LogP contribution in [0.4, 0.5) is 0 Å². The molecule has 6 rings (SSSR count). The van der Waals surface area contributed by atoms with E-state index in [-0.39, 0.29) is 17.6 Å². The molecule has 1 aromatic carbocycles. The topological polar surface area (TPSA) is 121 Å². The van der Waals surface area contributed by atoms with Crippen LogP contribution in [0.5, 0.6) is 0 Å². The first-order valence-corrected chi connectivity index (χ1v) is 12.9. The zero-order valence-corrected chi connectivity index (χ0v) is 21.2. The molecule has 0 saturated heterocycles. The fraction of sp³-hybridized carbons (Fsp3) is 0.200. The molecule has 0 amide bonds. The molecule has 5 aromatic rings. The lowest BCUT2D eigenvalue weighted by molar-refractivity contribution is 0.0532. The number of carbonyl (C=O) groups excluding carboxylic acids is 1. The van der Waals surface area contributed by atoms with Gasteiger partial charge >= 0.3 is 5.97 Å². The number of hydrogen-bond donors (Lipinski definition) is 1. The number of esters is 1. The number of H-pyrrole nitrogens is 1. The minimum absolute atomic E-state index is 0.129. The summed E-state index contributed by atoms with van der Waals surface area (Å²) in [5.41, 5.74) is 4.65. The Morgan fingerprint density at radius 2 is 2.14 bits per heavy atom. The average Bonchev–Trinajstić information content (AvgIpc) is 3.69. The van der Waals surface area contributed by atoms with E-state index >= 15 is 0 Å². The van der Waals surface area contributed by atoms with Gasteiger partial charge in [0.25, 0.3) is 5.56 Å². The number of hydrogen-bond acceptors (Lipinski definition) is 8. The largest absolute Gasteiger partial charge is 0.462 e. The second-order valence-electron chi connectivity index (χ2n) is 8.52. The van der Waals surface area contributed by atoms with Crippen molar-refractivity contribution in [1.29, 1.82) is 0 Å². The van der Waals surface area contributed by atoms with E-state index in [9.17, 15) is 9.59 Å². The normalized spacial score (nSPS) is 14.6. The van der Waals surface area contributed by atoms with E-state index in [0.29, 0.717) is 22.3 Å². The first kappa shape index (κ1) is 23.3. The van der Waals surface area contributed by atoms with Crippen molar-refractivity contribution >= 4 is 28.9 Å². The molecule has 186 valence electrons. The van der Waals surface area contributed by atoms with E-state index in [2.05, 4.69) is 25.5 Å². The van der Waals surface area contributed by atoms with Crippen molar-refractivity contribution in [2.45, 2.75) is 25.8 Å². The third kappa shape index (κ3) is 4.25. The van der Waals surface area contributed by atoms with Gasteiger partial charge in [-0.1, -0.05) is 11.6 Å². The summed E-state index contributed by atoms with van der Waals surface area (Å²) in [6.07, 6.45) is 4.68. The number of carbonyl (C=O) groups is 1. The number of rotatable bonds is 6. The number of ether oxygens (including phenoxy) is 1. The van der Waals surface area contributed by atoms with Crippen LogP contribution in [0.3, 0.4) is 0 Å². The Hall–Kier alpha value is -4.09. The van der Waals surface area contributed by atoms with Gasteiger partial charge in [0.1, 0.15) is 17.0 Å². The number of nitrogens with zero attached hydrogens (tertiary/aromatic N) is 6. The molecule has 12 heteroatoms. The molecule has 0 spiro atoms. The van der Waals surface area contributed by atoms with Gasteiger partial charge in [0.2, 0.25) is 0 Å². The van der Waals surface area contributed by atoms with Gasteiger partial charge in [-0.25, -0.2) is 9.78 Å². The number of imidazole rings is 1. The molecule has 0 saturated carbocycles. The van der Waals surface area contributed by atoms with Crippen LogP contribution < -0.4 is 5.56 Å². The van der Waals surface area contributed by atoms with Gasteiger partial charge in [0, 0.05) is 33.3 Å². The predicted molar refractivity (Wildman–Crippen MR) is 138 cm³/mol. The summed E-state index contributed by atoms with van der Waals surface area (Å²) >= 11 is 7.62. The van der Waals surface area contributed by atoms with Crippen molar-refractivity contribution in [3.05, 3.63) is 86.1 Å². The van der Waals surface area contributed by atoms with Crippen LogP contribution in [0.2, 0.25) is 5.02 Å². The first-order chi connectivity index (χ1) is 18.0. The number of aromatic amines is 1. The Labute approximate surface area is 219 Å². The van der Waals surface area contributed by atoms with Gasteiger partial charge in [0.15, 0.2) is 0 Å². The number of aromatic nitrogens is 7. The zero-order valence-electron chi connectivity index (χ0n) is 19.6. The van der Waals surface area contributed by atoms with Crippen LogP contribution in [-0.2, 0) is 11.2 Å². The summed E-state index contributed by atoms with van der Waals surface area (Å²) in [5.74, 6) is 0.359. The van der Waals surface area contributed by atoms with Crippen LogP contribution in [-0.4, -0.2) is 47.3 Å². The second kappa shape index (κ2) is 9.41. The van der Waals surface area contributed by atoms with Crippen molar-refractivity contribution in [3.63, 3.8) is 0 Å². The molecular weight excluding hydrogens is 514 g/mol. The highest BCUT2D eigenvalue weighted by Crippen LogP contribution is 2.34. The van der Waals surface area contributed by atoms with E-state index in [4.69, 9.17) is 16.3 Å². The van der Waals surface area contributed by atoms with Crippen LogP contribution in [0.15, 0.2) is 59.1 Å². The molecule has 1 aliphatic heterocycles. The predicted octanol–water partition coefficient (Wildman–Crippen LogP) is 4.31. The van der Waals surface area contributed by atoms with E-state index in [0.717, 1.165) is 46.6 Å². The molecule has 0 fully saturated rings. The van der Waals surface area contributed by atoms with E-state index in [1.54, 1.807) is 46.6 Å². The van der Waals surface area contributed by atoms with Crippen molar-refractivity contribution in [1.82, 2.24) is 34.7 Å². The number of aryl methyl sites for hydroxylation is 1. The number of tetrazole rings is 1. The summed E-state index contributed by atoms with van der Waals surface area (Å²) in [7, 11) is 0. The van der Waals surface area contributed by atoms with Gasteiger partial charge in [-0.15, -0.1) is 16.4 Å². The zero-order chi connectivity index (χ0) is 25.5. The third-order valence-electron chi connectivity index (χ3n) is 6.30. The molecule has 0 bridgehead atoms. The summed E-state index contributed by atoms with van der Waals surface area (Å²) in [4.78, 5) is 33.9. The Morgan fingerprint density at radius 3 is 2.95 bits per heavy atom. The van der Waals surface area contributed by atoms with E-state index < -0.39 is 0 Å². The Bertz CT molecular complexity index is 1670. The number of nitrogens with one attached hydrogen (secondary N) is 1. The highest BCUT2D eigenvalue weighted by molar-refractivity contribution is 7.12.